The number of fused-ring (bicyclic) bond motifs is 9. The Kier molecular flexibility index (Phi) is 8.26. The Balaban J connectivity index is 0.993. The average Bonchev–Trinajstić information content (AvgIpc) is 3.74. The Morgan fingerprint density at radius 3 is 1.89 bits per heavy atom. The summed E-state index contributed by atoms with van der Waals surface area (Å²) in [6, 6.07) is 66.5. The van der Waals surface area contributed by atoms with Crippen LogP contribution < -0.4 is 0 Å². The largest absolute Gasteiger partial charge is 0.208 e. The summed E-state index contributed by atoms with van der Waals surface area (Å²) < 4.78 is 2.46. The van der Waals surface area contributed by atoms with E-state index >= 15 is 0 Å². The van der Waals surface area contributed by atoms with Gasteiger partial charge in [-0.25, -0.2) is 15.0 Å². The molecule has 0 bridgehead atoms. The van der Waals surface area contributed by atoms with Crippen LogP contribution >= 0.6 is 11.3 Å². The van der Waals surface area contributed by atoms with Gasteiger partial charge in [-0.3, -0.25) is 0 Å². The van der Waals surface area contributed by atoms with Gasteiger partial charge in [-0.05, 0) is 98.3 Å². The molecule has 2 heterocycles. The highest BCUT2D eigenvalue weighted by molar-refractivity contribution is 7.26. The molecule has 8 aromatic carbocycles. The molecule has 1 unspecified atom stereocenters. The molecule has 0 aliphatic heterocycles. The highest BCUT2D eigenvalue weighted by Crippen LogP contribution is 2.51. The van der Waals surface area contributed by atoms with Crippen LogP contribution in [0.25, 0.3) is 87.7 Å². The van der Waals surface area contributed by atoms with E-state index < -0.39 is 0 Å². The maximum Gasteiger partial charge on any atom is 0.164 e. The average molecular weight is 800 g/mol. The molecule has 0 amide bonds. The van der Waals surface area contributed by atoms with Gasteiger partial charge in [-0.2, -0.15) is 0 Å². The van der Waals surface area contributed by atoms with E-state index in [9.17, 15) is 0 Å². The first-order valence-corrected chi connectivity index (χ1v) is 22.1. The van der Waals surface area contributed by atoms with E-state index in [1.165, 1.54) is 81.4 Å². The van der Waals surface area contributed by atoms with Crippen LogP contribution in [-0.2, 0) is 11.8 Å². The molecule has 4 heteroatoms. The van der Waals surface area contributed by atoms with E-state index in [1.807, 2.05) is 47.7 Å². The summed E-state index contributed by atoms with van der Waals surface area (Å²) in [5.41, 5.74) is 17.8. The minimum absolute atomic E-state index is 0.0372. The fraction of sp³-hybridized carbons (Fsp3) is 0.105. The minimum Gasteiger partial charge on any atom is -0.208 e. The molecule has 0 fully saturated rings. The molecule has 0 spiro atoms. The van der Waals surface area contributed by atoms with Crippen molar-refractivity contribution in [3.63, 3.8) is 0 Å². The second kappa shape index (κ2) is 14.0. The Bertz CT molecular complexity index is 3290. The Labute approximate surface area is 360 Å². The highest BCUT2D eigenvalue weighted by Gasteiger charge is 2.36. The maximum atomic E-state index is 5.15. The van der Waals surface area contributed by atoms with Crippen LogP contribution in [-0.4, -0.2) is 15.0 Å². The molecule has 2 aliphatic carbocycles. The van der Waals surface area contributed by atoms with Crippen LogP contribution in [0.4, 0.5) is 0 Å². The first-order chi connectivity index (χ1) is 30.0. The molecule has 2 aromatic heterocycles. The van der Waals surface area contributed by atoms with Gasteiger partial charge in [0.1, 0.15) is 0 Å². The smallest absolute Gasteiger partial charge is 0.164 e. The van der Waals surface area contributed by atoms with Gasteiger partial charge in [0, 0.05) is 48.2 Å². The topological polar surface area (TPSA) is 38.7 Å². The third kappa shape index (κ3) is 5.89. The minimum atomic E-state index is -0.0372. The molecule has 0 saturated carbocycles. The standard InChI is InChI=1S/C57H41N3S/c1-57(2)49-22-12-11-20-44(49)45-30-26-40(34-50(45)57)42-28-24-35-14-9-10-19-41(35)47-32-38(25-29-43(42)47)39-27-31-51-48(33-39)53-46(21-13-23-52(53)61-51)56-59-54(36-15-5-3-6-16-36)58-55(60-56)37-17-7-4-8-18-37/h3-23,25-27,29-34,42H,24,28H2,1-2H3. The van der Waals surface area contributed by atoms with Crippen LogP contribution in [0.1, 0.15) is 54.0 Å². The van der Waals surface area contributed by atoms with Gasteiger partial charge in [0.15, 0.2) is 17.5 Å². The monoisotopic (exact) mass is 799 g/mol. The van der Waals surface area contributed by atoms with Gasteiger partial charge in [0.25, 0.3) is 0 Å². The Hall–Kier alpha value is -7.01. The molecule has 0 N–H and O–H groups in total. The fourth-order valence-electron chi connectivity index (χ4n) is 10.1. The second-order valence-corrected chi connectivity index (χ2v) is 18.1. The molecule has 0 radical (unpaired) electrons. The zero-order chi connectivity index (χ0) is 40.7. The van der Waals surface area contributed by atoms with Gasteiger partial charge >= 0.3 is 0 Å². The van der Waals surface area contributed by atoms with E-state index in [0.29, 0.717) is 17.5 Å². The summed E-state index contributed by atoms with van der Waals surface area (Å²) in [6.07, 6.45) is 2.11. The molecule has 0 saturated heterocycles. The number of aryl methyl sites for hydroxylation is 1. The molecular formula is C57H41N3S. The third-order valence-electron chi connectivity index (χ3n) is 13.2. The number of rotatable bonds is 5. The van der Waals surface area contributed by atoms with E-state index in [1.54, 1.807) is 0 Å². The van der Waals surface area contributed by atoms with Crippen LogP contribution in [0.3, 0.4) is 0 Å². The van der Waals surface area contributed by atoms with Crippen LogP contribution in [0.15, 0.2) is 182 Å². The molecule has 1 atom stereocenters. The van der Waals surface area contributed by atoms with E-state index in [2.05, 4.69) is 159 Å². The van der Waals surface area contributed by atoms with Crippen LogP contribution in [0, 0.1) is 0 Å². The lowest BCUT2D eigenvalue weighted by Gasteiger charge is -2.24. The molecular weight excluding hydrogens is 759 g/mol. The molecule has 10 aromatic rings. The molecule has 61 heavy (non-hydrogen) atoms. The van der Waals surface area contributed by atoms with Crippen molar-refractivity contribution in [2.24, 2.45) is 0 Å². The number of nitrogens with zero attached hydrogens (tertiary/aromatic N) is 3. The summed E-state index contributed by atoms with van der Waals surface area (Å²) in [6.45, 7) is 4.77. The van der Waals surface area contributed by atoms with Crippen molar-refractivity contribution in [3.8, 4) is 67.5 Å². The Morgan fingerprint density at radius 1 is 0.459 bits per heavy atom. The lowest BCUT2D eigenvalue weighted by atomic mass is 9.79. The van der Waals surface area contributed by atoms with Crippen molar-refractivity contribution in [1.29, 1.82) is 0 Å². The zero-order valence-electron chi connectivity index (χ0n) is 34.1. The maximum absolute atomic E-state index is 5.15. The Morgan fingerprint density at radius 2 is 1.10 bits per heavy atom. The summed E-state index contributed by atoms with van der Waals surface area (Å²) >= 11 is 1.82. The van der Waals surface area contributed by atoms with Crippen molar-refractivity contribution >= 4 is 31.5 Å². The van der Waals surface area contributed by atoms with E-state index in [-0.39, 0.29) is 11.3 Å². The van der Waals surface area contributed by atoms with Crippen molar-refractivity contribution < 1.29 is 0 Å². The van der Waals surface area contributed by atoms with Crippen LogP contribution in [0.2, 0.25) is 0 Å². The molecule has 12 rings (SSSR count). The highest BCUT2D eigenvalue weighted by atomic mass is 32.1. The molecule has 2 aliphatic rings. The number of hydrogen-bond acceptors (Lipinski definition) is 4. The fourth-order valence-corrected chi connectivity index (χ4v) is 11.2. The van der Waals surface area contributed by atoms with Gasteiger partial charge in [-0.1, -0.05) is 172 Å². The molecule has 290 valence electrons. The van der Waals surface area contributed by atoms with Gasteiger partial charge in [0.2, 0.25) is 0 Å². The lowest BCUT2D eigenvalue weighted by molar-refractivity contribution is 0.655. The van der Waals surface area contributed by atoms with Crippen molar-refractivity contribution in [1.82, 2.24) is 15.0 Å². The normalized spacial score (nSPS) is 14.9. The lowest BCUT2D eigenvalue weighted by Crippen LogP contribution is -2.15. The van der Waals surface area contributed by atoms with Crippen molar-refractivity contribution in [2.45, 2.75) is 38.0 Å². The van der Waals surface area contributed by atoms with E-state index in [0.717, 1.165) is 29.5 Å². The summed E-state index contributed by atoms with van der Waals surface area (Å²) in [5.74, 6) is 2.29. The predicted molar refractivity (Wildman–Crippen MR) is 254 cm³/mol. The number of benzene rings is 8. The van der Waals surface area contributed by atoms with Crippen molar-refractivity contribution in [3.05, 3.63) is 210 Å². The SMILES string of the molecule is CC1(C)c2ccccc2-c2ccc(C3CCc4ccccc4-c4cc(-c5ccc6sc7cccc(-c8nc(-c9ccccc9)nc(-c9ccccc9)n8)c7c6c5)ccc43)cc21. The first-order valence-electron chi connectivity index (χ1n) is 21.3. The third-order valence-corrected chi connectivity index (χ3v) is 14.4. The van der Waals surface area contributed by atoms with Gasteiger partial charge in [0.05, 0.1) is 0 Å². The van der Waals surface area contributed by atoms with Gasteiger partial charge < -0.3 is 0 Å². The molecule has 3 nitrogen and oxygen atoms in total. The quantitative estimate of drug-likeness (QED) is 0.174. The summed E-state index contributed by atoms with van der Waals surface area (Å²) in [4.78, 5) is 15.3. The summed E-state index contributed by atoms with van der Waals surface area (Å²) in [5, 5.41) is 2.39. The predicted octanol–water partition coefficient (Wildman–Crippen LogP) is 15.0. The van der Waals surface area contributed by atoms with Gasteiger partial charge in [-0.15, -0.1) is 11.3 Å². The number of aromatic nitrogens is 3. The number of hydrogen-bond donors (Lipinski definition) is 0. The van der Waals surface area contributed by atoms with E-state index in [4.69, 9.17) is 15.0 Å². The summed E-state index contributed by atoms with van der Waals surface area (Å²) in [7, 11) is 0. The first kappa shape index (κ1) is 35.9. The van der Waals surface area contributed by atoms with Crippen molar-refractivity contribution in [2.75, 3.05) is 0 Å². The zero-order valence-corrected chi connectivity index (χ0v) is 34.9. The van der Waals surface area contributed by atoms with Crippen LogP contribution in [0.5, 0.6) is 0 Å². The number of thiophene rings is 1. The second-order valence-electron chi connectivity index (χ2n) is 17.1.